The highest BCUT2D eigenvalue weighted by Crippen LogP contribution is 2.30. The third-order valence-corrected chi connectivity index (χ3v) is 4.45. The minimum Gasteiger partial charge on any atom is -0.388 e. The van der Waals surface area contributed by atoms with Crippen molar-refractivity contribution in [2.24, 2.45) is 0 Å². The Bertz CT molecular complexity index is 485. The van der Waals surface area contributed by atoms with Gasteiger partial charge in [0.25, 0.3) is 0 Å². The molecule has 3 nitrogen and oxygen atoms in total. The topological polar surface area (TPSA) is 35.5 Å². The van der Waals surface area contributed by atoms with Gasteiger partial charge in [-0.25, -0.2) is 0 Å². The summed E-state index contributed by atoms with van der Waals surface area (Å²) in [6.07, 6.45) is 4.49. The number of piperidine rings is 1. The maximum atomic E-state index is 10.3. The number of hydrogen-bond acceptors (Lipinski definition) is 3. The molecule has 1 atom stereocenters. The molecule has 110 valence electrons. The van der Waals surface area contributed by atoms with Crippen molar-refractivity contribution in [2.45, 2.75) is 50.8 Å². The average Bonchev–Trinajstić information content (AvgIpc) is 3.19. The Hall–Kier alpha value is -0.770. The second-order valence-electron chi connectivity index (χ2n) is 6.45. The maximum Gasteiger partial charge on any atom is 0.0794 e. The van der Waals surface area contributed by atoms with Crippen LogP contribution in [0.25, 0.3) is 0 Å². The highest BCUT2D eigenvalue weighted by Gasteiger charge is 2.29. The molecule has 4 heteroatoms. The lowest BCUT2D eigenvalue weighted by atomic mass is 9.94. The van der Waals surface area contributed by atoms with Gasteiger partial charge in [-0.3, -0.25) is 0 Å². The van der Waals surface area contributed by atoms with Crippen LogP contribution in [0.15, 0.2) is 18.2 Å². The van der Waals surface area contributed by atoms with E-state index in [1.807, 2.05) is 13.0 Å². The molecular formula is C16H23ClN2O. The summed E-state index contributed by atoms with van der Waals surface area (Å²) in [6, 6.07) is 6.77. The van der Waals surface area contributed by atoms with Crippen molar-refractivity contribution >= 4 is 17.3 Å². The number of benzene rings is 1. The van der Waals surface area contributed by atoms with E-state index in [1.165, 1.54) is 24.1 Å². The Morgan fingerprint density at radius 2 is 2.25 bits per heavy atom. The van der Waals surface area contributed by atoms with Gasteiger partial charge in [0.05, 0.1) is 5.60 Å². The van der Waals surface area contributed by atoms with E-state index in [0.29, 0.717) is 12.6 Å². The first-order valence-corrected chi connectivity index (χ1v) is 7.90. The molecule has 2 N–H and O–H groups in total. The second-order valence-corrected chi connectivity index (χ2v) is 6.89. The monoisotopic (exact) mass is 294 g/mol. The van der Waals surface area contributed by atoms with Crippen LogP contribution >= 0.6 is 11.6 Å². The van der Waals surface area contributed by atoms with E-state index in [0.717, 1.165) is 31.0 Å². The molecule has 1 unspecified atom stereocenters. The minimum atomic E-state index is -0.584. The summed E-state index contributed by atoms with van der Waals surface area (Å²) >= 11 is 6.15. The minimum absolute atomic E-state index is 0.584. The quantitative estimate of drug-likeness (QED) is 0.896. The maximum absolute atomic E-state index is 10.3. The normalized spacial score (nSPS) is 26.9. The molecule has 1 saturated heterocycles. The van der Waals surface area contributed by atoms with Gasteiger partial charge in [0.15, 0.2) is 0 Å². The number of aliphatic hydroxyl groups is 1. The van der Waals surface area contributed by atoms with Crippen LogP contribution in [0.2, 0.25) is 5.02 Å². The van der Waals surface area contributed by atoms with E-state index in [1.54, 1.807) is 0 Å². The zero-order valence-electron chi connectivity index (χ0n) is 12.0. The van der Waals surface area contributed by atoms with Crippen molar-refractivity contribution in [2.75, 3.05) is 18.0 Å². The highest BCUT2D eigenvalue weighted by atomic mass is 35.5. The van der Waals surface area contributed by atoms with Gasteiger partial charge < -0.3 is 15.3 Å². The van der Waals surface area contributed by atoms with Gasteiger partial charge in [-0.15, -0.1) is 0 Å². The number of β-amino-alcohol motifs (C(OH)–C–C–N with tert-alkyl or cyclic N) is 1. The lowest BCUT2D eigenvalue weighted by molar-refractivity contribution is 0.0449. The third-order valence-electron chi connectivity index (χ3n) is 4.22. The first kappa shape index (κ1) is 14.2. The Kier molecular flexibility index (Phi) is 3.93. The predicted molar refractivity (Wildman–Crippen MR) is 83.4 cm³/mol. The fraction of sp³-hybridized carbons (Fsp3) is 0.625. The number of hydrogen-bond donors (Lipinski definition) is 2. The summed E-state index contributed by atoms with van der Waals surface area (Å²) in [5.41, 5.74) is 1.86. The summed E-state index contributed by atoms with van der Waals surface area (Å²) in [7, 11) is 0. The van der Waals surface area contributed by atoms with Crippen molar-refractivity contribution in [1.29, 1.82) is 0 Å². The molecule has 0 amide bonds. The fourth-order valence-corrected chi connectivity index (χ4v) is 3.17. The summed E-state index contributed by atoms with van der Waals surface area (Å²) in [5, 5.41) is 14.6. The summed E-state index contributed by atoms with van der Waals surface area (Å²) in [5.74, 6) is 0. The van der Waals surface area contributed by atoms with E-state index in [2.05, 4.69) is 22.3 Å². The SMILES string of the molecule is CC1(O)CCCN(c2ccc(Cl)cc2CNC2CC2)C1. The largest absolute Gasteiger partial charge is 0.388 e. The molecule has 1 aliphatic carbocycles. The highest BCUT2D eigenvalue weighted by molar-refractivity contribution is 6.30. The first-order valence-electron chi connectivity index (χ1n) is 7.53. The smallest absolute Gasteiger partial charge is 0.0794 e. The summed E-state index contributed by atoms with van der Waals surface area (Å²) < 4.78 is 0. The van der Waals surface area contributed by atoms with Crippen LogP contribution in [0.5, 0.6) is 0 Å². The number of rotatable bonds is 4. The Labute approximate surface area is 125 Å². The molecule has 1 aromatic rings. The van der Waals surface area contributed by atoms with Gasteiger partial charge in [-0.05, 0) is 56.4 Å². The zero-order valence-corrected chi connectivity index (χ0v) is 12.8. The van der Waals surface area contributed by atoms with Crippen molar-refractivity contribution in [1.82, 2.24) is 5.32 Å². The molecule has 2 fully saturated rings. The second kappa shape index (κ2) is 5.55. The van der Waals surface area contributed by atoms with E-state index in [-0.39, 0.29) is 0 Å². The lowest BCUT2D eigenvalue weighted by Gasteiger charge is -2.39. The molecule has 0 bridgehead atoms. The Morgan fingerprint density at radius 1 is 1.45 bits per heavy atom. The molecule has 0 radical (unpaired) electrons. The van der Waals surface area contributed by atoms with E-state index in [9.17, 15) is 5.11 Å². The molecule has 20 heavy (non-hydrogen) atoms. The van der Waals surface area contributed by atoms with Crippen molar-refractivity contribution in [3.8, 4) is 0 Å². The third kappa shape index (κ3) is 3.46. The molecule has 3 rings (SSSR count). The Morgan fingerprint density at radius 3 is 2.95 bits per heavy atom. The molecule has 0 aromatic heterocycles. The first-order chi connectivity index (χ1) is 9.53. The van der Waals surface area contributed by atoms with E-state index >= 15 is 0 Å². The molecule has 1 heterocycles. The van der Waals surface area contributed by atoms with Crippen LogP contribution < -0.4 is 10.2 Å². The molecule has 1 saturated carbocycles. The van der Waals surface area contributed by atoms with Crippen molar-refractivity contribution in [3.05, 3.63) is 28.8 Å². The summed E-state index contributed by atoms with van der Waals surface area (Å²) in [6.45, 7) is 4.50. The summed E-state index contributed by atoms with van der Waals surface area (Å²) in [4.78, 5) is 2.30. The van der Waals surface area contributed by atoms with Crippen molar-refractivity contribution in [3.63, 3.8) is 0 Å². The van der Waals surface area contributed by atoms with Gasteiger partial charge in [-0.1, -0.05) is 11.6 Å². The molecule has 2 aliphatic rings. The fourth-order valence-electron chi connectivity index (χ4n) is 2.97. The van der Waals surface area contributed by atoms with Gasteiger partial charge >= 0.3 is 0 Å². The number of nitrogens with one attached hydrogen (secondary N) is 1. The van der Waals surface area contributed by atoms with Crippen LogP contribution in [0.3, 0.4) is 0 Å². The van der Waals surface area contributed by atoms with Gasteiger partial charge in [0, 0.05) is 36.4 Å². The van der Waals surface area contributed by atoms with Crippen molar-refractivity contribution < 1.29 is 5.11 Å². The number of nitrogens with zero attached hydrogens (tertiary/aromatic N) is 1. The molecule has 1 aliphatic heterocycles. The van der Waals surface area contributed by atoms with Gasteiger partial charge in [-0.2, -0.15) is 0 Å². The standard InChI is InChI=1S/C16H23ClN2O/c1-16(20)7-2-8-19(11-16)15-6-3-13(17)9-12(15)10-18-14-4-5-14/h3,6,9,14,18,20H,2,4-5,7-8,10-11H2,1H3. The van der Waals surface area contributed by atoms with Gasteiger partial charge in [0.1, 0.15) is 0 Å². The van der Waals surface area contributed by atoms with E-state index < -0.39 is 5.60 Å². The van der Waals surface area contributed by atoms with Crippen LogP contribution in [0.1, 0.15) is 38.2 Å². The molecule has 1 aromatic carbocycles. The van der Waals surface area contributed by atoms with Crippen LogP contribution in [0, 0.1) is 0 Å². The number of anilines is 1. The average molecular weight is 295 g/mol. The molecular weight excluding hydrogens is 272 g/mol. The zero-order chi connectivity index (χ0) is 14.2. The van der Waals surface area contributed by atoms with E-state index in [4.69, 9.17) is 11.6 Å². The number of halogens is 1. The van der Waals surface area contributed by atoms with Gasteiger partial charge in [0.2, 0.25) is 0 Å². The molecule has 0 spiro atoms. The van der Waals surface area contributed by atoms with Crippen LogP contribution in [-0.4, -0.2) is 29.8 Å². The Balaban J connectivity index is 1.79. The predicted octanol–water partition coefficient (Wildman–Crippen LogP) is 2.94. The van der Waals surface area contributed by atoms with Crippen LogP contribution in [0.4, 0.5) is 5.69 Å². The lowest BCUT2D eigenvalue weighted by Crippen LogP contribution is -2.46. The van der Waals surface area contributed by atoms with Crippen LogP contribution in [-0.2, 0) is 6.54 Å².